The first-order valence-electron chi connectivity index (χ1n) is 10.3. The number of pyridine rings is 1. The van der Waals surface area contributed by atoms with Gasteiger partial charge in [-0.15, -0.1) is 0 Å². The van der Waals surface area contributed by atoms with E-state index < -0.39 is 11.6 Å². The number of imide groups is 1. The molecular weight excluding hydrogens is 392 g/mol. The van der Waals surface area contributed by atoms with Crippen LogP contribution in [0.5, 0.6) is 0 Å². The highest BCUT2D eigenvalue weighted by Gasteiger charge is 2.55. The second kappa shape index (κ2) is 6.91. The molecule has 1 aliphatic carbocycles. The normalized spacial score (nSPS) is 19.7. The summed E-state index contributed by atoms with van der Waals surface area (Å²) < 4.78 is 1.90. The maximum Gasteiger partial charge on any atom is 0.325 e. The monoisotopic (exact) mass is 414 g/mol. The van der Waals surface area contributed by atoms with E-state index in [1.165, 1.54) is 0 Å². The van der Waals surface area contributed by atoms with E-state index in [9.17, 15) is 14.4 Å². The first-order chi connectivity index (χ1) is 14.9. The van der Waals surface area contributed by atoms with Crippen molar-refractivity contribution < 1.29 is 14.4 Å². The third-order valence-corrected chi connectivity index (χ3v) is 6.33. The molecule has 1 aliphatic heterocycles. The first-order valence-corrected chi connectivity index (χ1v) is 10.3. The lowest BCUT2D eigenvalue weighted by Crippen LogP contribution is -2.42. The Bertz CT molecular complexity index is 1230. The van der Waals surface area contributed by atoms with E-state index in [2.05, 4.69) is 10.3 Å². The molecule has 7 nitrogen and oxygen atoms in total. The highest BCUT2D eigenvalue weighted by molar-refractivity contribution is 6.12. The Morgan fingerprint density at radius 2 is 1.90 bits per heavy atom. The molecule has 3 aromatic rings. The van der Waals surface area contributed by atoms with Gasteiger partial charge in [0.1, 0.15) is 11.4 Å². The maximum atomic E-state index is 13.3. The van der Waals surface area contributed by atoms with E-state index in [1.807, 2.05) is 60.9 Å². The predicted molar refractivity (Wildman–Crippen MR) is 114 cm³/mol. The fourth-order valence-electron chi connectivity index (χ4n) is 4.85. The number of urea groups is 1. The van der Waals surface area contributed by atoms with E-state index in [0.717, 1.165) is 33.8 Å². The number of hydrogen-bond acceptors (Lipinski definition) is 4. The number of Topliss-reactive ketones (excluding diaryl/α,β-unsaturated/α-hetero) is 1. The maximum absolute atomic E-state index is 13.3. The number of carbonyl (C=O) groups is 3. The van der Waals surface area contributed by atoms with Crippen LogP contribution in [0.3, 0.4) is 0 Å². The van der Waals surface area contributed by atoms with Gasteiger partial charge in [-0.2, -0.15) is 0 Å². The third kappa shape index (κ3) is 2.80. The molecule has 31 heavy (non-hydrogen) atoms. The predicted octanol–water partition coefficient (Wildman–Crippen LogP) is 3.07. The molecule has 0 saturated carbocycles. The minimum absolute atomic E-state index is 0.276. The molecule has 156 valence electrons. The fraction of sp³-hybridized carbons (Fsp3) is 0.250. The molecule has 3 heterocycles. The van der Waals surface area contributed by atoms with Gasteiger partial charge in [0.05, 0.1) is 6.54 Å². The van der Waals surface area contributed by atoms with Crippen LogP contribution in [0.15, 0.2) is 54.7 Å². The molecule has 1 aromatic carbocycles. The van der Waals surface area contributed by atoms with Crippen molar-refractivity contribution in [1.29, 1.82) is 0 Å². The molecule has 3 amide bonds. The van der Waals surface area contributed by atoms with Crippen LogP contribution < -0.4 is 5.32 Å². The van der Waals surface area contributed by atoms with Crippen LogP contribution in [-0.2, 0) is 16.8 Å². The molecule has 1 N–H and O–H groups in total. The molecule has 1 saturated heterocycles. The second-order valence-electron chi connectivity index (χ2n) is 8.12. The number of benzene rings is 1. The number of rotatable bonds is 4. The van der Waals surface area contributed by atoms with Crippen molar-refractivity contribution in [3.05, 3.63) is 82.8 Å². The number of hydrogen-bond donors (Lipinski definition) is 1. The Hall–Kier alpha value is -3.74. The van der Waals surface area contributed by atoms with Gasteiger partial charge in [-0.05, 0) is 56.0 Å². The summed E-state index contributed by atoms with van der Waals surface area (Å²) in [5, 5.41) is 2.87. The summed E-state index contributed by atoms with van der Waals surface area (Å²) in [4.78, 5) is 44.6. The number of fused-ring (bicyclic) bond motifs is 2. The molecule has 1 fully saturated rings. The van der Waals surface area contributed by atoms with Gasteiger partial charge in [0.2, 0.25) is 0 Å². The quantitative estimate of drug-likeness (QED) is 0.525. The summed E-state index contributed by atoms with van der Waals surface area (Å²) in [7, 11) is 0. The van der Waals surface area contributed by atoms with Crippen molar-refractivity contribution in [2.24, 2.45) is 0 Å². The van der Waals surface area contributed by atoms with Crippen LogP contribution >= 0.6 is 0 Å². The summed E-state index contributed by atoms with van der Waals surface area (Å²) in [6, 6.07) is 14.5. The summed E-state index contributed by atoms with van der Waals surface area (Å²) in [5.74, 6) is 0.0875. The van der Waals surface area contributed by atoms with Gasteiger partial charge in [-0.25, -0.2) is 9.78 Å². The van der Waals surface area contributed by atoms with Gasteiger partial charge >= 0.3 is 6.03 Å². The second-order valence-corrected chi connectivity index (χ2v) is 8.12. The standard InChI is InChI=1S/C24H22N4O3/c1-15-13-18(16(2)28(15)21-9-5-6-12-25-21)20(29)14-27-22(30)24(26-23(27)31)11-10-17-7-3-4-8-19(17)24/h3-9,12-13H,10-11,14H2,1-2H3,(H,26,31). The van der Waals surface area contributed by atoms with Gasteiger partial charge in [0.15, 0.2) is 5.78 Å². The zero-order chi connectivity index (χ0) is 21.8. The zero-order valence-electron chi connectivity index (χ0n) is 17.4. The molecule has 1 spiro atoms. The molecule has 1 atom stereocenters. The van der Waals surface area contributed by atoms with Crippen molar-refractivity contribution >= 4 is 17.7 Å². The van der Waals surface area contributed by atoms with Crippen LogP contribution in [0.4, 0.5) is 4.79 Å². The van der Waals surface area contributed by atoms with Gasteiger partial charge < -0.3 is 9.88 Å². The lowest BCUT2D eigenvalue weighted by molar-refractivity contribution is -0.131. The minimum Gasteiger partial charge on any atom is -0.319 e. The molecule has 1 unspecified atom stereocenters. The van der Waals surface area contributed by atoms with Crippen LogP contribution in [0, 0.1) is 13.8 Å². The Morgan fingerprint density at radius 1 is 1.13 bits per heavy atom. The van der Waals surface area contributed by atoms with Crippen LogP contribution in [-0.4, -0.2) is 38.7 Å². The number of nitrogens with one attached hydrogen (secondary N) is 1. The van der Waals surface area contributed by atoms with E-state index in [1.54, 1.807) is 12.3 Å². The molecular formula is C24H22N4O3. The molecule has 2 aromatic heterocycles. The average molecular weight is 414 g/mol. The minimum atomic E-state index is -1.06. The van der Waals surface area contributed by atoms with E-state index in [4.69, 9.17) is 0 Å². The summed E-state index contributed by atoms with van der Waals surface area (Å²) in [5.41, 5.74) is 2.90. The lowest BCUT2D eigenvalue weighted by Gasteiger charge is -2.22. The topological polar surface area (TPSA) is 84.3 Å². The largest absolute Gasteiger partial charge is 0.325 e. The highest BCUT2D eigenvalue weighted by atomic mass is 16.2. The smallest absolute Gasteiger partial charge is 0.319 e. The average Bonchev–Trinajstić information content (AvgIpc) is 3.37. The number of carbonyl (C=O) groups excluding carboxylic acids is 3. The Kier molecular flexibility index (Phi) is 4.28. The van der Waals surface area contributed by atoms with Gasteiger partial charge in [0.25, 0.3) is 5.91 Å². The molecule has 0 radical (unpaired) electrons. The first kappa shape index (κ1) is 19.2. The van der Waals surface area contributed by atoms with Crippen LogP contribution in [0.2, 0.25) is 0 Å². The molecule has 0 bridgehead atoms. The van der Waals surface area contributed by atoms with Crippen molar-refractivity contribution in [1.82, 2.24) is 19.8 Å². The van der Waals surface area contributed by atoms with Crippen molar-refractivity contribution in [2.45, 2.75) is 32.2 Å². The summed E-state index contributed by atoms with van der Waals surface area (Å²) in [6.45, 7) is 3.45. The molecule has 7 heteroatoms. The third-order valence-electron chi connectivity index (χ3n) is 6.33. The Morgan fingerprint density at radius 3 is 2.68 bits per heavy atom. The zero-order valence-corrected chi connectivity index (χ0v) is 17.4. The molecule has 5 rings (SSSR count). The number of ketones is 1. The number of aryl methyl sites for hydroxylation is 2. The van der Waals surface area contributed by atoms with Gasteiger partial charge in [-0.3, -0.25) is 14.5 Å². The van der Waals surface area contributed by atoms with E-state index in [0.29, 0.717) is 17.8 Å². The van der Waals surface area contributed by atoms with Gasteiger partial charge in [-0.1, -0.05) is 30.3 Å². The number of nitrogens with zero attached hydrogens (tertiary/aromatic N) is 3. The Balaban J connectivity index is 1.43. The lowest BCUT2D eigenvalue weighted by atomic mass is 9.92. The summed E-state index contributed by atoms with van der Waals surface area (Å²) in [6.07, 6.45) is 2.92. The van der Waals surface area contributed by atoms with Crippen LogP contribution in [0.1, 0.15) is 39.3 Å². The van der Waals surface area contributed by atoms with E-state index >= 15 is 0 Å². The van der Waals surface area contributed by atoms with Crippen molar-refractivity contribution in [3.63, 3.8) is 0 Å². The number of amides is 3. The highest BCUT2D eigenvalue weighted by Crippen LogP contribution is 2.41. The Labute approximate surface area is 179 Å². The van der Waals surface area contributed by atoms with E-state index in [-0.39, 0.29) is 18.2 Å². The fourth-order valence-corrected chi connectivity index (χ4v) is 4.85. The number of aromatic nitrogens is 2. The van der Waals surface area contributed by atoms with Gasteiger partial charge in [0, 0.05) is 23.1 Å². The van der Waals surface area contributed by atoms with Crippen LogP contribution in [0.25, 0.3) is 5.82 Å². The SMILES string of the molecule is Cc1cc(C(=O)CN2C(=O)NC3(CCc4ccccc43)C2=O)c(C)n1-c1ccccn1. The molecule has 2 aliphatic rings. The van der Waals surface area contributed by atoms with Crippen molar-refractivity contribution in [2.75, 3.05) is 6.54 Å². The summed E-state index contributed by atoms with van der Waals surface area (Å²) >= 11 is 0. The van der Waals surface area contributed by atoms with Crippen molar-refractivity contribution in [3.8, 4) is 5.82 Å².